The van der Waals surface area contributed by atoms with Crippen LogP contribution >= 0.6 is 0 Å². The van der Waals surface area contributed by atoms with Crippen LogP contribution in [0.4, 0.5) is 0 Å². The zero-order chi connectivity index (χ0) is 16.9. The van der Waals surface area contributed by atoms with E-state index in [0.717, 1.165) is 27.8 Å². The van der Waals surface area contributed by atoms with Crippen LogP contribution in [0.15, 0.2) is 84.4 Å². The lowest BCUT2D eigenvalue weighted by Gasteiger charge is -2.12. The van der Waals surface area contributed by atoms with E-state index in [9.17, 15) is 4.79 Å². The molecular weight excluding hydrogens is 296 g/mol. The third kappa shape index (κ3) is 3.44. The molecule has 0 saturated heterocycles. The van der Waals surface area contributed by atoms with Gasteiger partial charge in [-0.15, -0.1) is 0 Å². The summed E-state index contributed by atoms with van der Waals surface area (Å²) < 4.78 is 0. The fraction of sp³-hybridized carbons (Fsp3) is 0.0455. The first-order chi connectivity index (χ1) is 11.6. The first kappa shape index (κ1) is 15.8. The van der Waals surface area contributed by atoms with Gasteiger partial charge in [0.05, 0.1) is 0 Å². The minimum atomic E-state index is -0.900. The van der Waals surface area contributed by atoms with Gasteiger partial charge in [0.25, 0.3) is 0 Å². The fourth-order valence-corrected chi connectivity index (χ4v) is 2.69. The summed E-state index contributed by atoms with van der Waals surface area (Å²) in [4.78, 5) is 11.1. The van der Waals surface area contributed by atoms with Gasteiger partial charge >= 0.3 is 5.97 Å². The molecule has 2 nitrogen and oxygen atoms in total. The molecule has 0 aliphatic carbocycles. The number of rotatable bonds is 4. The van der Waals surface area contributed by atoms with Crippen LogP contribution in [0, 0.1) is 0 Å². The van der Waals surface area contributed by atoms with Gasteiger partial charge in [-0.3, -0.25) is 0 Å². The number of aliphatic carboxylic acids is 1. The van der Waals surface area contributed by atoms with Crippen LogP contribution in [-0.2, 0) is 4.79 Å². The number of carbonyl (C=O) groups is 1. The highest BCUT2D eigenvalue weighted by molar-refractivity contribution is 5.92. The number of benzene rings is 3. The number of carboxylic acids is 1. The van der Waals surface area contributed by atoms with Crippen LogP contribution in [0.5, 0.6) is 0 Å². The van der Waals surface area contributed by atoms with Gasteiger partial charge in [0.15, 0.2) is 0 Å². The molecular formula is C22H18O2. The van der Waals surface area contributed by atoms with E-state index in [1.165, 1.54) is 0 Å². The molecule has 0 aliphatic heterocycles. The predicted octanol–water partition coefficient (Wildman–Crippen LogP) is 5.51. The summed E-state index contributed by atoms with van der Waals surface area (Å²) in [5.41, 5.74) is 5.68. The summed E-state index contributed by atoms with van der Waals surface area (Å²) in [6.45, 7) is 1.61. The molecule has 0 saturated carbocycles. The van der Waals surface area contributed by atoms with E-state index in [2.05, 4.69) is 30.3 Å². The Hall–Kier alpha value is -3.13. The third-order valence-corrected chi connectivity index (χ3v) is 3.93. The number of carboxylic acid groups (broad SMARTS) is 1. The van der Waals surface area contributed by atoms with Crippen molar-refractivity contribution in [1.29, 1.82) is 0 Å². The van der Waals surface area contributed by atoms with E-state index in [-0.39, 0.29) is 0 Å². The minimum Gasteiger partial charge on any atom is -0.478 e. The average Bonchev–Trinajstić information content (AvgIpc) is 2.63. The van der Waals surface area contributed by atoms with E-state index < -0.39 is 5.97 Å². The molecule has 118 valence electrons. The molecule has 0 aliphatic rings. The van der Waals surface area contributed by atoms with Crippen molar-refractivity contribution >= 4 is 12.0 Å². The molecule has 0 bridgehead atoms. The van der Waals surface area contributed by atoms with Gasteiger partial charge in [-0.05, 0) is 46.9 Å². The van der Waals surface area contributed by atoms with E-state index in [4.69, 9.17) is 5.11 Å². The van der Waals surface area contributed by atoms with Crippen LogP contribution in [-0.4, -0.2) is 11.1 Å². The molecule has 24 heavy (non-hydrogen) atoms. The van der Waals surface area contributed by atoms with Crippen molar-refractivity contribution in [2.45, 2.75) is 6.92 Å². The van der Waals surface area contributed by atoms with E-state index >= 15 is 0 Å². The van der Waals surface area contributed by atoms with Crippen molar-refractivity contribution in [2.75, 3.05) is 0 Å². The lowest BCUT2D eigenvalue weighted by atomic mass is 9.92. The molecule has 0 fully saturated rings. The van der Waals surface area contributed by atoms with Gasteiger partial charge in [-0.2, -0.15) is 0 Å². The highest BCUT2D eigenvalue weighted by Gasteiger charge is 2.09. The molecule has 2 heteroatoms. The van der Waals surface area contributed by atoms with Crippen LogP contribution in [0.2, 0.25) is 0 Å². The van der Waals surface area contributed by atoms with Gasteiger partial charge in [-0.25, -0.2) is 4.79 Å². The summed E-state index contributed by atoms with van der Waals surface area (Å²) in [6, 6.07) is 26.4. The Kier molecular flexibility index (Phi) is 4.57. The Bertz CT molecular complexity index is 878. The zero-order valence-electron chi connectivity index (χ0n) is 13.4. The maximum atomic E-state index is 11.1. The first-order valence-corrected chi connectivity index (χ1v) is 7.81. The van der Waals surface area contributed by atoms with Gasteiger partial charge in [0, 0.05) is 5.57 Å². The molecule has 3 rings (SSSR count). The summed E-state index contributed by atoms with van der Waals surface area (Å²) in [7, 11) is 0. The SMILES string of the molecule is CC(=Cc1ccc(-c2ccccc2)c(-c2ccccc2)c1)C(=O)O. The van der Waals surface area contributed by atoms with Crippen LogP contribution < -0.4 is 0 Å². The quantitative estimate of drug-likeness (QED) is 0.645. The Balaban J connectivity index is 2.17. The molecule has 0 atom stereocenters. The van der Waals surface area contributed by atoms with Crippen LogP contribution in [0.1, 0.15) is 12.5 Å². The second-order valence-electron chi connectivity index (χ2n) is 5.67. The highest BCUT2D eigenvalue weighted by atomic mass is 16.4. The highest BCUT2D eigenvalue weighted by Crippen LogP contribution is 2.33. The summed E-state index contributed by atoms with van der Waals surface area (Å²) in [5, 5.41) is 9.09. The number of hydrogen-bond acceptors (Lipinski definition) is 1. The molecule has 0 spiro atoms. The van der Waals surface area contributed by atoms with Crippen LogP contribution in [0.25, 0.3) is 28.3 Å². The van der Waals surface area contributed by atoms with Crippen molar-refractivity contribution in [2.24, 2.45) is 0 Å². The fourth-order valence-electron chi connectivity index (χ4n) is 2.69. The standard InChI is InChI=1S/C22H18O2/c1-16(22(23)24)14-17-12-13-20(18-8-4-2-5-9-18)21(15-17)19-10-6-3-7-11-19/h2-15H,1H3,(H,23,24). The molecule has 3 aromatic rings. The maximum Gasteiger partial charge on any atom is 0.331 e. The van der Waals surface area contributed by atoms with Crippen molar-refractivity contribution in [3.63, 3.8) is 0 Å². The van der Waals surface area contributed by atoms with Gasteiger partial charge in [0.2, 0.25) is 0 Å². The van der Waals surface area contributed by atoms with E-state index in [0.29, 0.717) is 5.57 Å². The van der Waals surface area contributed by atoms with Gasteiger partial charge < -0.3 is 5.11 Å². The minimum absolute atomic E-state index is 0.321. The topological polar surface area (TPSA) is 37.3 Å². The monoisotopic (exact) mass is 314 g/mol. The molecule has 0 heterocycles. The Labute approximate surface area is 141 Å². The van der Waals surface area contributed by atoms with E-state index in [1.54, 1.807) is 13.0 Å². The normalized spacial score (nSPS) is 11.3. The maximum absolute atomic E-state index is 11.1. The molecule has 3 aromatic carbocycles. The second-order valence-corrected chi connectivity index (χ2v) is 5.67. The predicted molar refractivity (Wildman–Crippen MR) is 98.6 cm³/mol. The Morgan fingerprint density at radius 2 is 1.33 bits per heavy atom. The molecule has 0 amide bonds. The third-order valence-electron chi connectivity index (χ3n) is 3.93. The average molecular weight is 314 g/mol. The molecule has 1 N–H and O–H groups in total. The first-order valence-electron chi connectivity index (χ1n) is 7.81. The second kappa shape index (κ2) is 6.97. The van der Waals surface area contributed by atoms with Gasteiger partial charge in [-0.1, -0.05) is 72.8 Å². The lowest BCUT2D eigenvalue weighted by Crippen LogP contribution is -1.95. The molecule has 0 radical (unpaired) electrons. The largest absolute Gasteiger partial charge is 0.478 e. The Morgan fingerprint density at radius 3 is 1.88 bits per heavy atom. The molecule has 0 aromatic heterocycles. The summed E-state index contributed by atoms with van der Waals surface area (Å²) in [5.74, 6) is -0.900. The summed E-state index contributed by atoms with van der Waals surface area (Å²) in [6.07, 6.45) is 1.70. The summed E-state index contributed by atoms with van der Waals surface area (Å²) >= 11 is 0. The smallest absolute Gasteiger partial charge is 0.331 e. The van der Waals surface area contributed by atoms with Crippen molar-refractivity contribution in [1.82, 2.24) is 0 Å². The Morgan fingerprint density at radius 1 is 0.792 bits per heavy atom. The van der Waals surface area contributed by atoms with Crippen molar-refractivity contribution in [3.8, 4) is 22.3 Å². The van der Waals surface area contributed by atoms with E-state index in [1.807, 2.05) is 48.5 Å². The molecule has 0 unspecified atom stereocenters. The van der Waals surface area contributed by atoms with Gasteiger partial charge in [0.1, 0.15) is 0 Å². The zero-order valence-corrected chi connectivity index (χ0v) is 13.4. The van der Waals surface area contributed by atoms with Crippen molar-refractivity contribution in [3.05, 3.63) is 90.0 Å². The van der Waals surface area contributed by atoms with Crippen molar-refractivity contribution < 1.29 is 9.90 Å². The van der Waals surface area contributed by atoms with Crippen LogP contribution in [0.3, 0.4) is 0 Å². The number of hydrogen-bond donors (Lipinski definition) is 1. The lowest BCUT2D eigenvalue weighted by molar-refractivity contribution is -0.132.